The van der Waals surface area contributed by atoms with E-state index in [4.69, 9.17) is 10.3 Å². The fourth-order valence-electron chi connectivity index (χ4n) is 1.95. The fourth-order valence-corrected chi connectivity index (χ4v) is 3.76. The zero-order valence-corrected chi connectivity index (χ0v) is 14.3. The molecular weight excluding hydrogens is 355 g/mol. The van der Waals surface area contributed by atoms with Crippen LogP contribution in [0.5, 0.6) is 0 Å². The van der Waals surface area contributed by atoms with Gasteiger partial charge in [0.05, 0.1) is 16.4 Å². The molecule has 0 bridgehead atoms. The number of sulfone groups is 1. The second-order valence-corrected chi connectivity index (χ2v) is 8.24. The molecule has 0 saturated carbocycles. The standard InChI is InChI=1S/C14H15N2O6PS/c1-24(20,21)11-7-12(15)14(16(17)18)13(8-11)23(19)22-9-10-5-3-2-4-6-10/h2-8,19H,9,15H2,1H3. The molecule has 2 rings (SSSR count). The van der Waals surface area contributed by atoms with Crippen LogP contribution in [0.3, 0.4) is 0 Å². The number of nitrogens with zero attached hydrogens (tertiary/aromatic N) is 1. The van der Waals surface area contributed by atoms with Crippen molar-refractivity contribution < 1.29 is 22.8 Å². The van der Waals surface area contributed by atoms with Crippen LogP contribution in [0.1, 0.15) is 5.56 Å². The molecule has 8 nitrogen and oxygen atoms in total. The second-order valence-electron chi connectivity index (χ2n) is 4.94. The summed E-state index contributed by atoms with van der Waals surface area (Å²) in [6, 6.07) is 10.9. The lowest BCUT2D eigenvalue weighted by Crippen LogP contribution is -2.15. The molecule has 3 N–H and O–H groups in total. The largest absolute Gasteiger partial charge is 0.393 e. The number of hydrogen-bond donors (Lipinski definition) is 2. The number of hydrogen-bond acceptors (Lipinski definition) is 7. The predicted octanol–water partition coefficient (Wildman–Crippen LogP) is 1.73. The van der Waals surface area contributed by atoms with E-state index in [9.17, 15) is 23.4 Å². The lowest BCUT2D eigenvalue weighted by atomic mass is 10.2. The van der Waals surface area contributed by atoms with E-state index in [-0.39, 0.29) is 22.5 Å². The van der Waals surface area contributed by atoms with E-state index in [1.807, 2.05) is 6.07 Å². The van der Waals surface area contributed by atoms with Gasteiger partial charge in [0.15, 0.2) is 9.84 Å². The van der Waals surface area contributed by atoms with E-state index in [1.54, 1.807) is 24.3 Å². The lowest BCUT2D eigenvalue weighted by Gasteiger charge is -2.13. The van der Waals surface area contributed by atoms with Crippen molar-refractivity contribution in [3.63, 3.8) is 0 Å². The molecule has 0 amide bonds. The summed E-state index contributed by atoms with van der Waals surface area (Å²) in [7, 11) is -6.07. The van der Waals surface area contributed by atoms with Crippen molar-refractivity contribution in [3.8, 4) is 0 Å². The van der Waals surface area contributed by atoms with Gasteiger partial charge in [-0.2, -0.15) is 0 Å². The van der Waals surface area contributed by atoms with Gasteiger partial charge in [-0.1, -0.05) is 30.3 Å². The van der Waals surface area contributed by atoms with Crippen molar-refractivity contribution in [3.05, 3.63) is 58.1 Å². The summed E-state index contributed by atoms with van der Waals surface area (Å²) in [6.07, 6.45) is 0.946. The Balaban J connectivity index is 2.39. The minimum Gasteiger partial charge on any atom is -0.393 e. The molecule has 0 spiro atoms. The molecule has 1 atom stereocenters. The van der Waals surface area contributed by atoms with E-state index in [1.165, 1.54) is 0 Å². The zero-order valence-electron chi connectivity index (χ0n) is 12.6. The third kappa shape index (κ3) is 4.27. The van der Waals surface area contributed by atoms with Gasteiger partial charge in [-0.3, -0.25) is 10.1 Å². The number of nitrogens with two attached hydrogens (primary N) is 1. The van der Waals surface area contributed by atoms with Crippen LogP contribution in [0.15, 0.2) is 47.4 Å². The van der Waals surface area contributed by atoms with E-state index < -0.39 is 28.8 Å². The quantitative estimate of drug-likeness (QED) is 0.342. The van der Waals surface area contributed by atoms with Gasteiger partial charge in [0.1, 0.15) is 11.0 Å². The maximum Gasteiger partial charge on any atom is 0.304 e. The smallest absolute Gasteiger partial charge is 0.304 e. The lowest BCUT2D eigenvalue weighted by molar-refractivity contribution is -0.382. The topological polar surface area (TPSA) is 133 Å². The molecule has 0 fully saturated rings. The molecule has 0 radical (unpaired) electrons. The van der Waals surface area contributed by atoms with Crippen molar-refractivity contribution in [2.45, 2.75) is 11.5 Å². The Kier molecular flexibility index (Phi) is 5.51. The summed E-state index contributed by atoms with van der Waals surface area (Å²) in [5.74, 6) is 0. The normalized spacial score (nSPS) is 12.8. The third-order valence-corrected chi connectivity index (χ3v) is 5.32. The highest BCUT2D eigenvalue weighted by molar-refractivity contribution is 7.90. The van der Waals surface area contributed by atoms with E-state index >= 15 is 0 Å². The number of nitro benzene ring substituents is 1. The molecule has 128 valence electrons. The Bertz CT molecular complexity index is 857. The average molecular weight is 370 g/mol. The van der Waals surface area contributed by atoms with Gasteiger partial charge in [0.2, 0.25) is 8.38 Å². The summed E-state index contributed by atoms with van der Waals surface area (Å²) in [4.78, 5) is 20.4. The van der Waals surface area contributed by atoms with Gasteiger partial charge in [-0.15, -0.1) is 0 Å². The first kappa shape index (κ1) is 18.3. The Labute approximate surface area is 139 Å². The highest BCUT2D eigenvalue weighted by Crippen LogP contribution is 2.39. The highest BCUT2D eigenvalue weighted by atomic mass is 32.2. The number of nitro groups is 1. The molecule has 0 aliphatic heterocycles. The zero-order chi connectivity index (χ0) is 17.9. The van der Waals surface area contributed by atoms with Crippen LogP contribution >= 0.6 is 8.38 Å². The third-order valence-electron chi connectivity index (χ3n) is 3.11. The molecule has 24 heavy (non-hydrogen) atoms. The maximum absolute atomic E-state index is 11.7. The van der Waals surface area contributed by atoms with Gasteiger partial charge >= 0.3 is 5.69 Å². The number of rotatable bonds is 6. The highest BCUT2D eigenvalue weighted by Gasteiger charge is 2.28. The van der Waals surface area contributed by atoms with Crippen molar-refractivity contribution >= 4 is 34.9 Å². The summed E-state index contributed by atoms with van der Waals surface area (Å²) < 4.78 is 28.7. The van der Waals surface area contributed by atoms with Crippen molar-refractivity contribution in [2.75, 3.05) is 12.0 Å². The average Bonchev–Trinajstić information content (AvgIpc) is 2.51. The first-order valence-electron chi connectivity index (χ1n) is 6.64. The minimum absolute atomic E-state index is 0.0171. The monoisotopic (exact) mass is 370 g/mol. The van der Waals surface area contributed by atoms with Crippen LogP contribution in [0.25, 0.3) is 0 Å². The SMILES string of the molecule is CS(=O)(=O)c1cc(N)c([N+](=O)[O-])c(P(O)OCc2ccccc2)c1. The van der Waals surface area contributed by atoms with Crippen LogP contribution in [0, 0.1) is 10.1 Å². The van der Waals surface area contributed by atoms with Crippen molar-refractivity contribution in [1.29, 1.82) is 0 Å². The summed E-state index contributed by atoms with van der Waals surface area (Å²) in [5, 5.41) is 11.0. The molecule has 0 saturated heterocycles. The Morgan fingerprint density at radius 3 is 2.46 bits per heavy atom. The van der Waals surface area contributed by atoms with Crippen molar-refractivity contribution in [1.82, 2.24) is 0 Å². The van der Waals surface area contributed by atoms with Crippen LogP contribution in [0.4, 0.5) is 11.4 Å². The molecular formula is C14H15N2O6PS. The number of anilines is 1. The van der Waals surface area contributed by atoms with Gasteiger partial charge in [0.25, 0.3) is 0 Å². The first-order valence-corrected chi connectivity index (χ1v) is 9.74. The molecule has 0 aromatic heterocycles. The van der Waals surface area contributed by atoms with Gasteiger partial charge in [-0.05, 0) is 17.7 Å². The molecule has 0 aliphatic carbocycles. The minimum atomic E-state index is -3.65. The van der Waals surface area contributed by atoms with Crippen LogP contribution in [-0.4, -0.2) is 24.5 Å². The maximum atomic E-state index is 11.7. The second kappa shape index (κ2) is 7.23. The van der Waals surface area contributed by atoms with Crippen LogP contribution < -0.4 is 11.0 Å². The number of nitrogen functional groups attached to an aromatic ring is 1. The van der Waals surface area contributed by atoms with E-state index in [0.29, 0.717) is 0 Å². The fraction of sp³-hybridized carbons (Fsp3) is 0.143. The Morgan fingerprint density at radius 2 is 1.92 bits per heavy atom. The first-order chi connectivity index (χ1) is 11.2. The number of benzene rings is 2. The van der Waals surface area contributed by atoms with Crippen LogP contribution in [-0.2, 0) is 21.0 Å². The van der Waals surface area contributed by atoms with Gasteiger partial charge < -0.3 is 15.2 Å². The molecule has 1 unspecified atom stereocenters. The molecule has 0 aliphatic rings. The van der Waals surface area contributed by atoms with Crippen molar-refractivity contribution in [2.24, 2.45) is 0 Å². The van der Waals surface area contributed by atoms with Crippen LogP contribution in [0.2, 0.25) is 0 Å². The molecule has 0 heterocycles. The summed E-state index contributed by atoms with van der Waals surface area (Å²) in [6.45, 7) is 0.0171. The summed E-state index contributed by atoms with van der Waals surface area (Å²) >= 11 is 0. The Hall–Kier alpha value is -2.06. The van der Waals surface area contributed by atoms with Gasteiger partial charge in [0, 0.05) is 6.26 Å². The molecule has 10 heteroatoms. The molecule has 2 aromatic carbocycles. The predicted molar refractivity (Wildman–Crippen MR) is 90.6 cm³/mol. The van der Waals surface area contributed by atoms with E-state index in [2.05, 4.69) is 0 Å². The van der Waals surface area contributed by atoms with E-state index in [0.717, 1.165) is 24.0 Å². The Morgan fingerprint density at radius 1 is 1.29 bits per heavy atom. The van der Waals surface area contributed by atoms with Gasteiger partial charge in [-0.25, -0.2) is 8.42 Å². The summed E-state index contributed by atoms with van der Waals surface area (Å²) in [5.41, 5.74) is 5.46. The molecule has 2 aromatic rings.